The lowest BCUT2D eigenvalue weighted by Crippen LogP contribution is -2.03. The average molecular weight is 305 g/mol. The number of ether oxygens (including phenoxy) is 2. The highest BCUT2D eigenvalue weighted by Gasteiger charge is 2.20. The molecule has 2 nitrogen and oxygen atoms in total. The summed E-state index contributed by atoms with van der Waals surface area (Å²) in [6, 6.07) is 10.0. The lowest BCUT2D eigenvalue weighted by Gasteiger charge is -2.20. The first kappa shape index (κ1) is 15.7. The van der Waals surface area contributed by atoms with Gasteiger partial charge in [0, 0.05) is 5.56 Å². The molecule has 0 fully saturated rings. The maximum Gasteiger partial charge on any atom is 0.124 e. The maximum absolute atomic E-state index is 6.77. The van der Waals surface area contributed by atoms with Gasteiger partial charge in [-0.1, -0.05) is 17.7 Å². The fraction of sp³-hybridized carbons (Fsp3) is 0.333. The van der Waals surface area contributed by atoms with Crippen molar-refractivity contribution in [2.45, 2.75) is 26.1 Å². The molecule has 0 radical (unpaired) electrons. The number of alkyl halides is 1. The van der Waals surface area contributed by atoms with Crippen LogP contribution in [0.1, 0.15) is 33.2 Å². The van der Waals surface area contributed by atoms with Gasteiger partial charge in [-0.25, -0.2) is 0 Å². The topological polar surface area (TPSA) is 18.5 Å². The van der Waals surface area contributed by atoms with E-state index in [1.54, 1.807) is 14.2 Å². The zero-order chi connectivity index (χ0) is 15.6. The SMILES string of the molecule is COc1ccc(OC)c(C(Cl)c2c(C)cc(C)cc2C)c1. The van der Waals surface area contributed by atoms with Gasteiger partial charge in [-0.05, 0) is 55.7 Å². The van der Waals surface area contributed by atoms with Crippen LogP contribution in [0.4, 0.5) is 0 Å². The van der Waals surface area contributed by atoms with Gasteiger partial charge in [0.15, 0.2) is 0 Å². The molecule has 0 aliphatic heterocycles. The van der Waals surface area contributed by atoms with Crippen LogP contribution >= 0.6 is 11.6 Å². The third-order valence-corrected chi connectivity index (χ3v) is 4.15. The first-order chi connectivity index (χ1) is 9.97. The Kier molecular flexibility index (Phi) is 4.79. The summed E-state index contributed by atoms with van der Waals surface area (Å²) in [7, 11) is 3.31. The zero-order valence-corrected chi connectivity index (χ0v) is 13.9. The Morgan fingerprint density at radius 3 is 2.05 bits per heavy atom. The fourth-order valence-corrected chi connectivity index (χ4v) is 3.30. The molecule has 1 atom stereocenters. The highest BCUT2D eigenvalue weighted by atomic mass is 35.5. The Morgan fingerprint density at radius 1 is 0.905 bits per heavy atom. The third-order valence-electron chi connectivity index (χ3n) is 3.70. The van der Waals surface area contributed by atoms with Gasteiger partial charge in [0.1, 0.15) is 11.5 Å². The summed E-state index contributed by atoms with van der Waals surface area (Å²) < 4.78 is 10.8. The lowest BCUT2D eigenvalue weighted by atomic mass is 9.93. The van der Waals surface area contributed by atoms with Crippen LogP contribution in [0.25, 0.3) is 0 Å². The van der Waals surface area contributed by atoms with Crippen LogP contribution in [0.5, 0.6) is 11.5 Å². The van der Waals surface area contributed by atoms with Gasteiger partial charge in [0.05, 0.1) is 19.6 Å². The van der Waals surface area contributed by atoms with E-state index in [0.717, 1.165) is 22.6 Å². The second kappa shape index (κ2) is 6.40. The van der Waals surface area contributed by atoms with Crippen LogP contribution < -0.4 is 9.47 Å². The molecule has 0 spiro atoms. The molecule has 0 bridgehead atoms. The van der Waals surface area contributed by atoms with Crippen molar-refractivity contribution in [3.05, 3.63) is 58.1 Å². The molecule has 0 aromatic heterocycles. The number of benzene rings is 2. The number of methoxy groups -OCH3 is 2. The summed E-state index contributed by atoms with van der Waals surface area (Å²) in [5.41, 5.74) is 5.69. The first-order valence-electron chi connectivity index (χ1n) is 6.91. The summed E-state index contributed by atoms with van der Waals surface area (Å²) in [5, 5.41) is -0.268. The van der Waals surface area contributed by atoms with Crippen LogP contribution in [-0.4, -0.2) is 14.2 Å². The van der Waals surface area contributed by atoms with E-state index in [9.17, 15) is 0 Å². The minimum atomic E-state index is -0.268. The monoisotopic (exact) mass is 304 g/mol. The van der Waals surface area contributed by atoms with E-state index in [4.69, 9.17) is 21.1 Å². The highest BCUT2D eigenvalue weighted by Crippen LogP contribution is 2.40. The van der Waals surface area contributed by atoms with E-state index in [2.05, 4.69) is 32.9 Å². The summed E-state index contributed by atoms with van der Waals surface area (Å²) in [5.74, 6) is 1.55. The van der Waals surface area contributed by atoms with E-state index >= 15 is 0 Å². The van der Waals surface area contributed by atoms with E-state index in [1.807, 2.05) is 18.2 Å². The largest absolute Gasteiger partial charge is 0.497 e. The summed E-state index contributed by atoms with van der Waals surface area (Å²) >= 11 is 6.77. The van der Waals surface area contributed by atoms with Crippen molar-refractivity contribution < 1.29 is 9.47 Å². The molecule has 0 aliphatic rings. The molecule has 0 aliphatic carbocycles. The van der Waals surface area contributed by atoms with E-state index in [-0.39, 0.29) is 5.38 Å². The van der Waals surface area contributed by atoms with Crippen LogP contribution in [0.3, 0.4) is 0 Å². The lowest BCUT2D eigenvalue weighted by molar-refractivity contribution is 0.399. The van der Waals surface area contributed by atoms with Gasteiger partial charge in [0.2, 0.25) is 0 Å². The number of aryl methyl sites for hydroxylation is 3. The van der Waals surface area contributed by atoms with Gasteiger partial charge < -0.3 is 9.47 Å². The standard InChI is InChI=1S/C18H21ClO2/c1-11-8-12(2)17(13(3)9-11)18(19)15-10-14(20-4)6-7-16(15)21-5/h6-10,18H,1-5H3. The van der Waals surface area contributed by atoms with Crippen LogP contribution in [-0.2, 0) is 0 Å². The highest BCUT2D eigenvalue weighted by molar-refractivity contribution is 6.23. The molecular weight excluding hydrogens is 284 g/mol. The molecule has 112 valence electrons. The molecule has 2 rings (SSSR count). The van der Waals surface area contributed by atoms with Gasteiger partial charge in [-0.15, -0.1) is 11.6 Å². The van der Waals surface area contributed by atoms with Crippen LogP contribution in [0, 0.1) is 20.8 Å². The Bertz CT molecular complexity index is 627. The molecule has 0 heterocycles. The maximum atomic E-state index is 6.77. The normalized spacial score (nSPS) is 12.1. The van der Waals surface area contributed by atoms with Crippen molar-refractivity contribution in [3.8, 4) is 11.5 Å². The van der Waals surface area contributed by atoms with Gasteiger partial charge >= 0.3 is 0 Å². The summed E-state index contributed by atoms with van der Waals surface area (Å²) in [4.78, 5) is 0. The third kappa shape index (κ3) is 3.16. The first-order valence-corrected chi connectivity index (χ1v) is 7.35. The van der Waals surface area contributed by atoms with E-state index in [1.165, 1.54) is 16.7 Å². The number of rotatable bonds is 4. The number of hydrogen-bond acceptors (Lipinski definition) is 2. The van der Waals surface area contributed by atoms with E-state index in [0.29, 0.717) is 0 Å². The van der Waals surface area contributed by atoms with Crippen LogP contribution in [0.15, 0.2) is 30.3 Å². The molecule has 3 heteroatoms. The van der Waals surface area contributed by atoms with Crippen LogP contribution in [0.2, 0.25) is 0 Å². The minimum Gasteiger partial charge on any atom is -0.497 e. The van der Waals surface area contributed by atoms with Crippen molar-refractivity contribution in [3.63, 3.8) is 0 Å². The molecule has 0 saturated heterocycles. The van der Waals surface area contributed by atoms with E-state index < -0.39 is 0 Å². The number of hydrogen-bond donors (Lipinski definition) is 0. The Balaban J connectivity index is 2.56. The molecule has 0 saturated carbocycles. The van der Waals surface area contributed by atoms with Gasteiger partial charge in [-0.3, -0.25) is 0 Å². The van der Waals surface area contributed by atoms with Crippen molar-refractivity contribution >= 4 is 11.6 Å². The molecule has 1 unspecified atom stereocenters. The second-order valence-corrected chi connectivity index (χ2v) is 5.72. The summed E-state index contributed by atoms with van der Waals surface area (Å²) in [6.07, 6.45) is 0. The predicted octanol–water partition coefficient (Wildman–Crippen LogP) is 4.96. The fourth-order valence-electron chi connectivity index (χ4n) is 2.78. The molecule has 2 aromatic rings. The van der Waals surface area contributed by atoms with Crippen molar-refractivity contribution in [1.29, 1.82) is 0 Å². The smallest absolute Gasteiger partial charge is 0.124 e. The quantitative estimate of drug-likeness (QED) is 0.743. The molecule has 0 amide bonds. The van der Waals surface area contributed by atoms with Gasteiger partial charge in [0.25, 0.3) is 0 Å². The Morgan fingerprint density at radius 2 is 1.52 bits per heavy atom. The molecule has 2 aromatic carbocycles. The molecular formula is C18H21ClO2. The molecule has 0 N–H and O–H groups in total. The number of halogens is 1. The Hall–Kier alpha value is -1.67. The van der Waals surface area contributed by atoms with Crippen molar-refractivity contribution in [1.82, 2.24) is 0 Å². The van der Waals surface area contributed by atoms with Gasteiger partial charge in [-0.2, -0.15) is 0 Å². The zero-order valence-electron chi connectivity index (χ0n) is 13.2. The predicted molar refractivity (Wildman–Crippen MR) is 87.9 cm³/mol. The average Bonchev–Trinajstić information content (AvgIpc) is 2.45. The summed E-state index contributed by atoms with van der Waals surface area (Å²) in [6.45, 7) is 6.29. The van der Waals surface area contributed by atoms with Crippen molar-refractivity contribution in [2.75, 3.05) is 14.2 Å². The second-order valence-electron chi connectivity index (χ2n) is 5.28. The Labute approximate surface area is 131 Å². The molecule has 21 heavy (non-hydrogen) atoms. The van der Waals surface area contributed by atoms with Crippen molar-refractivity contribution in [2.24, 2.45) is 0 Å². The minimum absolute atomic E-state index is 0.268.